The van der Waals surface area contributed by atoms with Gasteiger partial charge in [-0.25, -0.2) is 0 Å². The van der Waals surface area contributed by atoms with E-state index in [0.29, 0.717) is 36.4 Å². The summed E-state index contributed by atoms with van der Waals surface area (Å²) in [5.74, 6) is -0.519. The van der Waals surface area contributed by atoms with E-state index in [9.17, 15) is 9.59 Å². The average Bonchev–Trinajstić information content (AvgIpc) is 2.54. The first-order valence-electron chi connectivity index (χ1n) is 5.40. The minimum absolute atomic E-state index is 0.249. The summed E-state index contributed by atoms with van der Waals surface area (Å²) in [5, 5.41) is 0. The molecule has 0 saturated heterocycles. The molecule has 2 rings (SSSR count). The SMILES string of the molecule is COCCCN1C(=O)c2ccc(N)cc2C1=O. The normalized spacial score (nSPS) is 14.3. The van der Waals surface area contributed by atoms with Gasteiger partial charge < -0.3 is 10.5 Å². The highest BCUT2D eigenvalue weighted by Crippen LogP contribution is 2.24. The number of methoxy groups -OCH3 is 1. The van der Waals surface area contributed by atoms with Gasteiger partial charge in [-0.15, -0.1) is 0 Å². The fourth-order valence-corrected chi connectivity index (χ4v) is 1.88. The second-order valence-corrected chi connectivity index (χ2v) is 3.91. The van der Waals surface area contributed by atoms with Crippen molar-refractivity contribution in [2.75, 3.05) is 26.0 Å². The molecule has 0 spiro atoms. The quantitative estimate of drug-likeness (QED) is 0.477. The number of nitrogen functional groups attached to an aromatic ring is 1. The number of carbonyl (C=O) groups is 2. The zero-order valence-electron chi connectivity index (χ0n) is 9.60. The van der Waals surface area contributed by atoms with Crippen LogP contribution in [0.2, 0.25) is 0 Å². The maximum absolute atomic E-state index is 12.0. The number of hydrogen-bond acceptors (Lipinski definition) is 4. The predicted octanol–water partition coefficient (Wildman–Crippen LogP) is 0.901. The Hall–Kier alpha value is -1.88. The number of nitrogens with zero attached hydrogens (tertiary/aromatic N) is 1. The van der Waals surface area contributed by atoms with Crippen LogP contribution in [0.1, 0.15) is 27.1 Å². The average molecular weight is 234 g/mol. The molecule has 2 N–H and O–H groups in total. The molecule has 2 amide bonds. The van der Waals surface area contributed by atoms with E-state index in [2.05, 4.69) is 0 Å². The number of benzene rings is 1. The number of nitrogens with two attached hydrogens (primary N) is 1. The standard InChI is InChI=1S/C12H14N2O3/c1-17-6-2-5-14-11(15)9-4-3-8(13)7-10(9)12(14)16/h3-4,7H,2,5-6,13H2,1H3. The van der Waals surface area contributed by atoms with Crippen molar-refractivity contribution in [1.82, 2.24) is 4.90 Å². The number of amides is 2. The van der Waals surface area contributed by atoms with E-state index < -0.39 is 0 Å². The van der Waals surface area contributed by atoms with Crippen molar-refractivity contribution in [1.29, 1.82) is 0 Å². The Morgan fingerprint density at radius 2 is 1.94 bits per heavy atom. The van der Waals surface area contributed by atoms with Gasteiger partial charge in [0.2, 0.25) is 0 Å². The van der Waals surface area contributed by atoms with E-state index in [1.165, 1.54) is 4.90 Å². The smallest absolute Gasteiger partial charge is 0.261 e. The van der Waals surface area contributed by atoms with E-state index in [-0.39, 0.29) is 11.8 Å². The predicted molar refractivity (Wildman–Crippen MR) is 62.7 cm³/mol. The Labute approximate surface area is 99.2 Å². The third-order valence-corrected chi connectivity index (χ3v) is 2.72. The van der Waals surface area contributed by atoms with Crippen molar-refractivity contribution >= 4 is 17.5 Å². The number of hydrogen-bond donors (Lipinski definition) is 1. The van der Waals surface area contributed by atoms with Crippen LogP contribution < -0.4 is 5.73 Å². The van der Waals surface area contributed by atoms with E-state index in [1.54, 1.807) is 25.3 Å². The second-order valence-electron chi connectivity index (χ2n) is 3.91. The van der Waals surface area contributed by atoms with Crippen molar-refractivity contribution in [2.24, 2.45) is 0 Å². The molecule has 17 heavy (non-hydrogen) atoms. The molecule has 0 aliphatic carbocycles. The third-order valence-electron chi connectivity index (χ3n) is 2.72. The Kier molecular flexibility index (Phi) is 3.10. The number of anilines is 1. The summed E-state index contributed by atoms with van der Waals surface area (Å²) in [6, 6.07) is 4.77. The Balaban J connectivity index is 2.20. The van der Waals surface area contributed by atoms with Crippen LogP contribution in [0, 0.1) is 0 Å². The molecule has 5 heteroatoms. The molecule has 0 bridgehead atoms. The number of carbonyl (C=O) groups excluding carboxylic acids is 2. The molecule has 1 aliphatic heterocycles. The van der Waals surface area contributed by atoms with Gasteiger partial charge in [-0.3, -0.25) is 14.5 Å². The van der Waals surface area contributed by atoms with Gasteiger partial charge in [0.15, 0.2) is 0 Å². The van der Waals surface area contributed by atoms with Gasteiger partial charge in [0, 0.05) is 25.9 Å². The first kappa shape index (κ1) is 11.6. The summed E-state index contributed by atoms with van der Waals surface area (Å²) in [5.41, 5.74) is 6.92. The summed E-state index contributed by atoms with van der Waals surface area (Å²) in [6.07, 6.45) is 0.636. The molecule has 1 aromatic rings. The van der Waals surface area contributed by atoms with Gasteiger partial charge >= 0.3 is 0 Å². The van der Waals surface area contributed by atoms with Crippen LogP contribution >= 0.6 is 0 Å². The molecule has 0 radical (unpaired) electrons. The van der Waals surface area contributed by atoms with Crippen molar-refractivity contribution < 1.29 is 14.3 Å². The number of rotatable bonds is 4. The van der Waals surface area contributed by atoms with Crippen LogP contribution in [0.5, 0.6) is 0 Å². The molecule has 0 saturated carbocycles. The zero-order valence-corrected chi connectivity index (χ0v) is 9.60. The first-order valence-corrected chi connectivity index (χ1v) is 5.40. The zero-order chi connectivity index (χ0) is 12.4. The summed E-state index contributed by atoms with van der Waals surface area (Å²) < 4.78 is 4.90. The lowest BCUT2D eigenvalue weighted by Gasteiger charge is -2.12. The van der Waals surface area contributed by atoms with Crippen molar-refractivity contribution in [3.8, 4) is 0 Å². The molecular weight excluding hydrogens is 220 g/mol. The van der Waals surface area contributed by atoms with E-state index in [1.807, 2.05) is 0 Å². The topological polar surface area (TPSA) is 72.6 Å². The maximum Gasteiger partial charge on any atom is 0.261 e. The third kappa shape index (κ3) is 2.01. The monoisotopic (exact) mass is 234 g/mol. The lowest BCUT2D eigenvalue weighted by Crippen LogP contribution is -2.31. The lowest BCUT2D eigenvalue weighted by atomic mass is 10.1. The number of imide groups is 1. The van der Waals surface area contributed by atoms with Crippen molar-refractivity contribution in [3.05, 3.63) is 29.3 Å². The van der Waals surface area contributed by atoms with Gasteiger partial charge in [0.1, 0.15) is 0 Å². The molecule has 0 aromatic heterocycles. The second kappa shape index (κ2) is 4.55. The van der Waals surface area contributed by atoms with Gasteiger partial charge in [-0.2, -0.15) is 0 Å². The highest BCUT2D eigenvalue weighted by molar-refractivity contribution is 6.21. The Morgan fingerprint density at radius 3 is 2.65 bits per heavy atom. The van der Waals surface area contributed by atoms with Gasteiger partial charge in [0.25, 0.3) is 11.8 Å². The minimum atomic E-state index is -0.270. The summed E-state index contributed by atoms with van der Waals surface area (Å²) >= 11 is 0. The molecule has 1 aromatic carbocycles. The largest absolute Gasteiger partial charge is 0.399 e. The lowest BCUT2D eigenvalue weighted by molar-refractivity contribution is 0.0638. The summed E-state index contributed by atoms with van der Waals surface area (Å²) in [6.45, 7) is 0.898. The molecule has 1 heterocycles. The molecule has 1 aliphatic rings. The molecule has 0 fully saturated rings. The Morgan fingerprint density at radius 1 is 1.24 bits per heavy atom. The fraction of sp³-hybridized carbons (Fsp3) is 0.333. The van der Waals surface area contributed by atoms with Crippen LogP contribution in [0.4, 0.5) is 5.69 Å². The van der Waals surface area contributed by atoms with Gasteiger partial charge in [-0.05, 0) is 24.6 Å². The van der Waals surface area contributed by atoms with Gasteiger partial charge in [-0.1, -0.05) is 0 Å². The van der Waals surface area contributed by atoms with Crippen LogP contribution in [0.3, 0.4) is 0 Å². The van der Waals surface area contributed by atoms with Crippen molar-refractivity contribution in [3.63, 3.8) is 0 Å². The Bertz CT molecular complexity index is 471. The van der Waals surface area contributed by atoms with E-state index in [4.69, 9.17) is 10.5 Å². The minimum Gasteiger partial charge on any atom is -0.399 e. The fourth-order valence-electron chi connectivity index (χ4n) is 1.88. The summed E-state index contributed by atoms with van der Waals surface area (Å²) in [4.78, 5) is 25.1. The maximum atomic E-state index is 12.0. The highest BCUT2D eigenvalue weighted by atomic mass is 16.5. The van der Waals surface area contributed by atoms with Crippen molar-refractivity contribution in [2.45, 2.75) is 6.42 Å². The molecule has 90 valence electrons. The molecular formula is C12H14N2O3. The van der Waals surface area contributed by atoms with E-state index >= 15 is 0 Å². The first-order chi connectivity index (χ1) is 8.15. The molecule has 0 atom stereocenters. The molecule has 5 nitrogen and oxygen atoms in total. The highest BCUT2D eigenvalue weighted by Gasteiger charge is 2.34. The summed E-state index contributed by atoms with van der Waals surface area (Å²) in [7, 11) is 1.59. The van der Waals surface area contributed by atoms with Crippen LogP contribution in [0.15, 0.2) is 18.2 Å². The van der Waals surface area contributed by atoms with Gasteiger partial charge in [0.05, 0.1) is 11.1 Å². The number of fused-ring (bicyclic) bond motifs is 1. The van der Waals surface area contributed by atoms with E-state index in [0.717, 1.165) is 0 Å². The van der Waals surface area contributed by atoms with Crippen LogP contribution in [0.25, 0.3) is 0 Å². The van der Waals surface area contributed by atoms with Crippen LogP contribution in [-0.4, -0.2) is 37.0 Å². The molecule has 0 unspecified atom stereocenters. The van der Waals surface area contributed by atoms with Crippen LogP contribution in [-0.2, 0) is 4.74 Å². The number of ether oxygens (including phenoxy) is 1.